The number of nitrogens with zero attached hydrogens (tertiary/aromatic N) is 6. The van der Waals surface area contributed by atoms with Gasteiger partial charge in [-0.1, -0.05) is 42.3 Å². The summed E-state index contributed by atoms with van der Waals surface area (Å²) in [6.45, 7) is 0.746. The van der Waals surface area contributed by atoms with E-state index in [1.165, 1.54) is 23.5 Å². The standard InChI is InChI=1S/C26H25F5N6OS/c1-35(15-9-10-19(37(13-15)39-3)14-7-5-4-6-8-14)25-32-12-17-22(34-36(2)24(17)33-25)16-11-18(26(29,30)31)21(28)23(38)20(16)27/h4-8,11-12,15,19,38H,9-10,13H2,1-3H3/t15-,19-/m0/s1. The Morgan fingerprint density at radius 2 is 1.82 bits per heavy atom. The first-order valence-corrected chi connectivity index (χ1v) is 13.3. The Labute approximate surface area is 225 Å². The van der Waals surface area contributed by atoms with Crippen LogP contribution in [0, 0.1) is 11.6 Å². The van der Waals surface area contributed by atoms with E-state index < -0.39 is 34.7 Å². The number of halogens is 5. The topological polar surface area (TPSA) is 70.3 Å². The number of hydrogen-bond donors (Lipinski definition) is 1. The molecule has 0 aliphatic carbocycles. The highest BCUT2D eigenvalue weighted by Gasteiger charge is 2.38. The number of alkyl halides is 3. The molecule has 0 amide bonds. The molecule has 0 saturated carbocycles. The summed E-state index contributed by atoms with van der Waals surface area (Å²) in [6.07, 6.45) is 0.0452. The fourth-order valence-corrected chi connectivity index (χ4v) is 5.81. The summed E-state index contributed by atoms with van der Waals surface area (Å²) >= 11 is 1.67. The lowest BCUT2D eigenvalue weighted by molar-refractivity contribution is -0.140. The number of piperidine rings is 1. The average Bonchev–Trinajstić information content (AvgIpc) is 3.26. The van der Waals surface area contributed by atoms with Crippen LogP contribution in [0.2, 0.25) is 0 Å². The zero-order valence-electron chi connectivity index (χ0n) is 21.2. The molecule has 2 aromatic carbocycles. The lowest BCUT2D eigenvalue weighted by Crippen LogP contribution is -2.45. The number of aromatic hydroxyl groups is 1. The quantitative estimate of drug-likeness (QED) is 0.237. The molecule has 13 heteroatoms. The van der Waals surface area contributed by atoms with E-state index in [-0.39, 0.29) is 28.8 Å². The van der Waals surface area contributed by atoms with Gasteiger partial charge in [0.2, 0.25) is 5.95 Å². The number of anilines is 1. The highest BCUT2D eigenvalue weighted by atomic mass is 32.2. The van der Waals surface area contributed by atoms with Gasteiger partial charge in [-0.3, -0.25) is 0 Å². The van der Waals surface area contributed by atoms with Gasteiger partial charge in [-0.05, 0) is 30.7 Å². The van der Waals surface area contributed by atoms with Crippen molar-refractivity contribution in [3.05, 3.63) is 65.4 Å². The Morgan fingerprint density at radius 3 is 2.49 bits per heavy atom. The Bertz CT molecular complexity index is 1510. The molecule has 1 aliphatic rings. The van der Waals surface area contributed by atoms with Crippen molar-refractivity contribution in [1.29, 1.82) is 0 Å². The first kappa shape index (κ1) is 27.1. The van der Waals surface area contributed by atoms with Crippen LogP contribution in [0.25, 0.3) is 22.3 Å². The molecule has 2 atom stereocenters. The molecule has 206 valence electrons. The number of aryl methyl sites for hydroxylation is 1. The van der Waals surface area contributed by atoms with Crippen molar-refractivity contribution in [1.82, 2.24) is 24.1 Å². The summed E-state index contributed by atoms with van der Waals surface area (Å²) < 4.78 is 72.4. The van der Waals surface area contributed by atoms with Crippen LogP contribution < -0.4 is 4.90 Å². The Hall–Kier alpha value is -3.45. The summed E-state index contributed by atoms with van der Waals surface area (Å²) in [7, 11) is 3.38. The van der Waals surface area contributed by atoms with Crippen LogP contribution in [-0.2, 0) is 13.2 Å². The largest absolute Gasteiger partial charge is 0.503 e. The molecule has 1 saturated heterocycles. The second-order valence-corrected chi connectivity index (χ2v) is 10.2. The van der Waals surface area contributed by atoms with Crippen LogP contribution in [0.3, 0.4) is 0 Å². The SMILES string of the molecule is CSN1C[C@@H](N(C)c2ncc3c(-c4cc(C(F)(F)F)c(F)c(O)c4F)nn(C)c3n2)CC[C@H]1c1ccccc1. The molecule has 1 N–H and O–H groups in total. The Balaban J connectivity index is 1.46. The molecule has 0 radical (unpaired) electrons. The summed E-state index contributed by atoms with van der Waals surface area (Å²) in [6, 6.07) is 11.0. The van der Waals surface area contributed by atoms with E-state index in [4.69, 9.17) is 0 Å². The first-order chi connectivity index (χ1) is 18.5. The zero-order valence-corrected chi connectivity index (χ0v) is 22.1. The van der Waals surface area contributed by atoms with Crippen molar-refractivity contribution in [2.45, 2.75) is 31.1 Å². The maximum Gasteiger partial charge on any atom is 0.419 e. The molecule has 0 unspecified atom stereocenters. The average molecular weight is 565 g/mol. The number of benzene rings is 2. The first-order valence-electron chi connectivity index (χ1n) is 12.1. The van der Waals surface area contributed by atoms with E-state index in [1.54, 1.807) is 11.9 Å². The van der Waals surface area contributed by atoms with Gasteiger partial charge in [0.1, 0.15) is 5.69 Å². The molecular formula is C26H25F5N6OS. The van der Waals surface area contributed by atoms with Crippen molar-refractivity contribution in [3.8, 4) is 17.0 Å². The summed E-state index contributed by atoms with van der Waals surface area (Å²) in [5.41, 5.74) is -1.24. The van der Waals surface area contributed by atoms with Crippen molar-refractivity contribution in [2.24, 2.45) is 7.05 Å². The van der Waals surface area contributed by atoms with Gasteiger partial charge in [-0.25, -0.2) is 22.8 Å². The fraction of sp³-hybridized carbons (Fsp3) is 0.346. The Kier molecular flexibility index (Phi) is 7.14. The predicted molar refractivity (Wildman–Crippen MR) is 139 cm³/mol. The number of phenolic OH excluding ortho intramolecular Hbond substituents is 1. The monoisotopic (exact) mass is 564 g/mol. The van der Waals surface area contributed by atoms with Crippen molar-refractivity contribution >= 4 is 28.9 Å². The minimum atomic E-state index is -5.15. The van der Waals surface area contributed by atoms with Gasteiger partial charge < -0.3 is 10.0 Å². The molecule has 39 heavy (non-hydrogen) atoms. The number of hydrogen-bond acceptors (Lipinski definition) is 7. The van der Waals surface area contributed by atoms with E-state index >= 15 is 0 Å². The third-order valence-corrected chi connectivity index (χ3v) is 7.97. The van der Waals surface area contributed by atoms with Crippen LogP contribution in [0.15, 0.2) is 42.6 Å². The van der Waals surface area contributed by atoms with E-state index in [9.17, 15) is 27.1 Å². The number of phenols is 1. The molecule has 4 aromatic rings. The van der Waals surface area contributed by atoms with Gasteiger partial charge in [-0.2, -0.15) is 23.3 Å². The lowest BCUT2D eigenvalue weighted by atomic mass is 9.94. The molecule has 5 rings (SSSR count). The normalized spacial score (nSPS) is 18.6. The van der Waals surface area contributed by atoms with Crippen molar-refractivity contribution < 1.29 is 27.1 Å². The van der Waals surface area contributed by atoms with Gasteiger partial charge in [0.15, 0.2) is 23.0 Å². The number of fused-ring (bicyclic) bond motifs is 1. The molecule has 7 nitrogen and oxygen atoms in total. The third kappa shape index (κ3) is 4.89. The highest BCUT2D eigenvalue weighted by molar-refractivity contribution is 7.96. The van der Waals surface area contributed by atoms with Gasteiger partial charge in [0.05, 0.1) is 10.9 Å². The molecule has 2 aromatic heterocycles. The molecular weight excluding hydrogens is 539 g/mol. The minimum Gasteiger partial charge on any atom is -0.503 e. The van der Waals surface area contributed by atoms with Gasteiger partial charge in [0, 0.05) is 44.5 Å². The smallest absolute Gasteiger partial charge is 0.419 e. The zero-order chi connectivity index (χ0) is 28.1. The number of aromatic nitrogens is 4. The highest BCUT2D eigenvalue weighted by Crippen LogP contribution is 2.42. The second-order valence-electron chi connectivity index (χ2n) is 9.38. The lowest BCUT2D eigenvalue weighted by Gasteiger charge is -2.41. The number of likely N-dealkylation sites (N-methyl/N-ethyl adjacent to an activating group) is 1. The molecule has 1 fully saturated rings. The maximum absolute atomic E-state index is 14.8. The van der Waals surface area contributed by atoms with E-state index in [0.29, 0.717) is 12.0 Å². The van der Waals surface area contributed by atoms with Gasteiger partial charge in [-0.15, -0.1) is 0 Å². The van der Waals surface area contributed by atoms with E-state index in [1.807, 2.05) is 36.4 Å². The van der Waals surface area contributed by atoms with Crippen LogP contribution in [-0.4, -0.2) is 55.1 Å². The third-order valence-electron chi connectivity index (χ3n) is 7.10. The van der Waals surface area contributed by atoms with Crippen molar-refractivity contribution in [3.63, 3.8) is 0 Å². The van der Waals surface area contributed by atoms with Gasteiger partial charge >= 0.3 is 6.18 Å². The van der Waals surface area contributed by atoms with Gasteiger partial charge in [0.25, 0.3) is 0 Å². The van der Waals surface area contributed by atoms with E-state index in [0.717, 1.165) is 19.4 Å². The molecule has 0 bridgehead atoms. The van der Waals surface area contributed by atoms with Crippen molar-refractivity contribution in [2.75, 3.05) is 24.7 Å². The molecule has 3 heterocycles. The maximum atomic E-state index is 14.8. The minimum absolute atomic E-state index is 0.0865. The number of rotatable bonds is 5. The van der Waals surface area contributed by atoms with Crippen LogP contribution in [0.1, 0.15) is 30.0 Å². The predicted octanol–water partition coefficient (Wildman–Crippen LogP) is 5.95. The summed E-state index contributed by atoms with van der Waals surface area (Å²) in [5.74, 6) is -4.97. The van der Waals surface area contributed by atoms with Crippen LogP contribution in [0.5, 0.6) is 5.75 Å². The Morgan fingerprint density at radius 1 is 1.10 bits per heavy atom. The summed E-state index contributed by atoms with van der Waals surface area (Å²) in [5, 5.41) is 14.0. The molecule has 0 spiro atoms. The van der Waals surface area contributed by atoms with Crippen LogP contribution in [0.4, 0.5) is 27.9 Å². The molecule has 1 aliphatic heterocycles. The second kappa shape index (κ2) is 10.3. The fourth-order valence-electron chi connectivity index (χ4n) is 5.01. The summed E-state index contributed by atoms with van der Waals surface area (Å²) in [4.78, 5) is 10.9. The van der Waals surface area contributed by atoms with Crippen LogP contribution >= 0.6 is 11.9 Å². The van der Waals surface area contributed by atoms with E-state index in [2.05, 4.69) is 31.5 Å².